The zero-order chi connectivity index (χ0) is 23.9. The Morgan fingerprint density at radius 3 is 2.56 bits per heavy atom. The minimum absolute atomic E-state index is 0.275. The first-order valence-electron chi connectivity index (χ1n) is 12.4. The monoisotopic (exact) mass is 470 g/mol. The fourth-order valence-electron chi connectivity index (χ4n) is 5.92. The second kappa shape index (κ2) is 9.32. The van der Waals surface area contributed by atoms with Gasteiger partial charge in [0.2, 0.25) is 6.29 Å². The maximum Gasteiger partial charge on any atom is 0.338 e. The lowest BCUT2D eigenvalue weighted by Crippen LogP contribution is -2.48. The third-order valence-electron chi connectivity index (χ3n) is 8.15. The lowest BCUT2D eigenvalue weighted by Gasteiger charge is -2.48. The summed E-state index contributed by atoms with van der Waals surface area (Å²) in [6.07, 6.45) is 4.83. The van der Waals surface area contributed by atoms with Gasteiger partial charge in [-0.3, -0.25) is 0 Å². The molecule has 2 saturated heterocycles. The number of esters is 2. The van der Waals surface area contributed by atoms with Crippen LogP contribution in [0.25, 0.3) is 0 Å². The maximum atomic E-state index is 11.8. The van der Waals surface area contributed by atoms with Gasteiger partial charge in [0, 0.05) is 37.9 Å². The number of rotatable bonds is 6. The van der Waals surface area contributed by atoms with Crippen LogP contribution in [0.15, 0.2) is 23.9 Å². The van der Waals surface area contributed by atoms with E-state index in [0.717, 1.165) is 74.2 Å². The Hall–Kier alpha value is -2.42. The van der Waals surface area contributed by atoms with Gasteiger partial charge in [-0.1, -0.05) is 6.07 Å². The SMILES string of the molecule is CCOC1OC(=O)C=C1N1CCC2(CCN(C[C@H](O)c3ccc4c(c3C)COC4=O)CC2)CC1. The molecule has 4 aliphatic rings. The van der Waals surface area contributed by atoms with Crippen molar-refractivity contribution >= 4 is 11.9 Å². The summed E-state index contributed by atoms with van der Waals surface area (Å²) < 4.78 is 16.0. The number of nitrogens with zero attached hydrogens (tertiary/aromatic N) is 2. The molecule has 8 heteroatoms. The summed E-state index contributed by atoms with van der Waals surface area (Å²) in [5.41, 5.74) is 4.56. The number of cyclic esters (lactones) is 2. The third-order valence-corrected chi connectivity index (χ3v) is 8.15. The molecule has 0 amide bonds. The molecule has 1 aromatic rings. The lowest BCUT2D eigenvalue weighted by molar-refractivity contribution is -0.161. The van der Waals surface area contributed by atoms with Gasteiger partial charge in [-0.05, 0) is 75.2 Å². The number of aliphatic hydroxyl groups is 1. The van der Waals surface area contributed by atoms with Gasteiger partial charge < -0.3 is 29.1 Å². The minimum atomic E-state index is -0.584. The zero-order valence-electron chi connectivity index (χ0n) is 20.0. The number of benzene rings is 1. The molecule has 4 aliphatic heterocycles. The van der Waals surface area contributed by atoms with Crippen LogP contribution < -0.4 is 0 Å². The molecule has 1 unspecified atom stereocenters. The molecule has 2 atom stereocenters. The van der Waals surface area contributed by atoms with Crippen molar-refractivity contribution in [3.63, 3.8) is 0 Å². The van der Waals surface area contributed by atoms with Crippen molar-refractivity contribution in [1.29, 1.82) is 0 Å². The van der Waals surface area contributed by atoms with E-state index in [2.05, 4.69) is 9.80 Å². The number of piperidine rings is 2. The summed E-state index contributed by atoms with van der Waals surface area (Å²) in [6, 6.07) is 3.65. The van der Waals surface area contributed by atoms with Crippen LogP contribution in [-0.4, -0.2) is 72.5 Å². The molecule has 1 N–H and O–H groups in total. The Bertz CT molecular complexity index is 987. The highest BCUT2D eigenvalue weighted by molar-refractivity contribution is 5.94. The zero-order valence-corrected chi connectivity index (χ0v) is 20.0. The van der Waals surface area contributed by atoms with E-state index in [1.165, 1.54) is 0 Å². The van der Waals surface area contributed by atoms with E-state index >= 15 is 0 Å². The van der Waals surface area contributed by atoms with Gasteiger partial charge in [-0.25, -0.2) is 9.59 Å². The Kier molecular flexibility index (Phi) is 6.39. The van der Waals surface area contributed by atoms with Gasteiger partial charge in [0.15, 0.2) is 0 Å². The van der Waals surface area contributed by atoms with E-state index < -0.39 is 12.4 Å². The van der Waals surface area contributed by atoms with Crippen LogP contribution in [0.3, 0.4) is 0 Å². The number of fused-ring (bicyclic) bond motifs is 1. The Labute approximate surface area is 200 Å². The molecule has 8 nitrogen and oxygen atoms in total. The third kappa shape index (κ3) is 4.34. The average molecular weight is 471 g/mol. The van der Waals surface area contributed by atoms with Crippen LogP contribution in [0.5, 0.6) is 0 Å². The molecule has 34 heavy (non-hydrogen) atoms. The highest BCUT2D eigenvalue weighted by atomic mass is 16.7. The van der Waals surface area contributed by atoms with Crippen LogP contribution in [0.4, 0.5) is 0 Å². The lowest BCUT2D eigenvalue weighted by atomic mass is 9.71. The van der Waals surface area contributed by atoms with Crippen molar-refractivity contribution in [1.82, 2.24) is 9.80 Å². The number of carbonyl (C=O) groups excluding carboxylic acids is 2. The summed E-state index contributed by atoms with van der Waals surface area (Å²) in [5, 5.41) is 11.0. The molecule has 184 valence electrons. The van der Waals surface area contributed by atoms with Crippen molar-refractivity contribution in [2.24, 2.45) is 5.41 Å². The summed E-state index contributed by atoms with van der Waals surface area (Å²) >= 11 is 0. The number of aliphatic hydroxyl groups excluding tert-OH is 1. The first-order valence-corrected chi connectivity index (χ1v) is 12.4. The average Bonchev–Trinajstić information content (AvgIpc) is 3.39. The molecule has 5 rings (SSSR count). The predicted octanol–water partition coefficient (Wildman–Crippen LogP) is 2.68. The fourth-order valence-corrected chi connectivity index (χ4v) is 5.92. The van der Waals surface area contributed by atoms with Gasteiger partial charge in [-0.15, -0.1) is 0 Å². The van der Waals surface area contributed by atoms with Crippen LogP contribution in [0, 0.1) is 12.3 Å². The van der Waals surface area contributed by atoms with Gasteiger partial charge in [0.05, 0.1) is 17.4 Å². The second-order valence-electron chi connectivity index (χ2n) is 9.98. The molecule has 2 fully saturated rings. The smallest absolute Gasteiger partial charge is 0.338 e. The molecule has 1 spiro atoms. The van der Waals surface area contributed by atoms with Gasteiger partial charge in [-0.2, -0.15) is 0 Å². The van der Waals surface area contributed by atoms with E-state index in [0.29, 0.717) is 30.7 Å². The predicted molar refractivity (Wildman–Crippen MR) is 124 cm³/mol. The topological polar surface area (TPSA) is 88.5 Å². The summed E-state index contributed by atoms with van der Waals surface area (Å²) in [5.74, 6) is -0.596. The van der Waals surface area contributed by atoms with Crippen LogP contribution >= 0.6 is 0 Å². The van der Waals surface area contributed by atoms with E-state index in [4.69, 9.17) is 14.2 Å². The molecular weight excluding hydrogens is 436 g/mol. The number of hydrogen-bond donors (Lipinski definition) is 1. The molecule has 4 heterocycles. The van der Waals surface area contributed by atoms with Crippen molar-refractivity contribution < 1.29 is 28.9 Å². The molecule has 1 aromatic carbocycles. The first-order chi connectivity index (χ1) is 16.4. The summed E-state index contributed by atoms with van der Waals surface area (Å²) in [7, 11) is 0. The number of β-amino-alcohol motifs (C(OH)–C–C–N with tert-alkyl or cyclic N) is 1. The van der Waals surface area contributed by atoms with E-state index in [1.54, 1.807) is 12.1 Å². The largest absolute Gasteiger partial charge is 0.457 e. The van der Waals surface area contributed by atoms with Crippen LogP contribution in [0.2, 0.25) is 0 Å². The van der Waals surface area contributed by atoms with Gasteiger partial charge >= 0.3 is 11.9 Å². The summed E-state index contributed by atoms with van der Waals surface area (Å²) in [4.78, 5) is 28.1. The quantitative estimate of drug-likeness (QED) is 0.635. The Morgan fingerprint density at radius 1 is 1.15 bits per heavy atom. The highest BCUT2D eigenvalue weighted by Gasteiger charge is 2.40. The molecule has 0 saturated carbocycles. The maximum absolute atomic E-state index is 11.8. The van der Waals surface area contributed by atoms with Crippen LogP contribution in [0.1, 0.15) is 65.8 Å². The number of likely N-dealkylation sites (tertiary alicyclic amines) is 2. The van der Waals surface area contributed by atoms with E-state index in [9.17, 15) is 14.7 Å². The number of ether oxygens (including phenoxy) is 3. The number of carbonyl (C=O) groups is 2. The van der Waals surface area contributed by atoms with Gasteiger partial charge in [0.25, 0.3) is 0 Å². The number of hydrogen-bond acceptors (Lipinski definition) is 8. The second-order valence-corrected chi connectivity index (χ2v) is 9.98. The van der Waals surface area contributed by atoms with Crippen molar-refractivity contribution in [3.8, 4) is 0 Å². The fraction of sp³-hybridized carbons (Fsp3) is 0.615. The molecular formula is C26H34N2O6. The molecule has 0 aliphatic carbocycles. The highest BCUT2D eigenvalue weighted by Crippen LogP contribution is 2.43. The van der Waals surface area contributed by atoms with Crippen molar-refractivity contribution in [2.75, 3.05) is 39.3 Å². The van der Waals surface area contributed by atoms with Crippen LogP contribution in [-0.2, 0) is 25.6 Å². The normalized spacial score (nSPS) is 25.2. The standard InChI is InChI=1S/C26H34N2O6/c1-3-32-25-21(14-23(30)34-25)28-12-8-26(9-13-28)6-10-27(11-7-26)15-22(29)18-4-5-19-20(17(18)2)16-33-24(19)31/h4-5,14,22,25,29H,3,6-13,15-16H2,1-2H3/t22-,25?/m0/s1. The Balaban J connectivity index is 1.14. The molecule has 0 radical (unpaired) electrons. The molecule has 0 aromatic heterocycles. The van der Waals surface area contributed by atoms with Gasteiger partial charge in [0.1, 0.15) is 6.61 Å². The summed E-state index contributed by atoms with van der Waals surface area (Å²) in [6.45, 7) is 9.01. The molecule has 0 bridgehead atoms. The van der Waals surface area contributed by atoms with Crippen molar-refractivity contribution in [2.45, 2.75) is 58.5 Å². The van der Waals surface area contributed by atoms with Crippen molar-refractivity contribution in [3.05, 3.63) is 46.2 Å². The first kappa shape index (κ1) is 23.3. The minimum Gasteiger partial charge on any atom is -0.457 e. The van der Waals surface area contributed by atoms with E-state index in [-0.39, 0.29) is 11.9 Å². The van der Waals surface area contributed by atoms with E-state index in [1.807, 2.05) is 19.9 Å². The Morgan fingerprint density at radius 2 is 1.85 bits per heavy atom.